The first-order valence-corrected chi connectivity index (χ1v) is 9.92. The number of carbonyl (C=O) groups excluding carboxylic acids is 2. The number of benzene rings is 1. The van der Waals surface area contributed by atoms with Crippen LogP contribution in [0, 0.1) is 11.8 Å². The van der Waals surface area contributed by atoms with E-state index in [9.17, 15) is 9.59 Å². The molecule has 4 rings (SSSR count). The van der Waals surface area contributed by atoms with Crippen LogP contribution in [-0.2, 0) is 16.0 Å². The van der Waals surface area contributed by atoms with Crippen LogP contribution in [0.15, 0.2) is 35.8 Å². The minimum atomic E-state index is -0.0666. The lowest BCUT2D eigenvalue weighted by atomic mass is 9.72. The van der Waals surface area contributed by atoms with Crippen LogP contribution in [0.1, 0.15) is 42.9 Å². The van der Waals surface area contributed by atoms with Gasteiger partial charge < -0.3 is 5.32 Å². The summed E-state index contributed by atoms with van der Waals surface area (Å²) in [6.07, 6.45) is 6.36. The number of thiazole rings is 1. The normalized spacial score (nSPS) is 25.2. The molecule has 1 saturated heterocycles. The third-order valence-corrected chi connectivity index (χ3v) is 6.01. The summed E-state index contributed by atoms with van der Waals surface area (Å²) in [5.74, 6) is 0.514. The molecule has 3 atom stereocenters. The first kappa shape index (κ1) is 17.2. The molecule has 2 heterocycles. The maximum Gasteiger partial charge on any atom is 0.237 e. The topological polar surface area (TPSA) is 83.1 Å². The molecule has 3 N–H and O–H groups in total. The molecule has 136 valence electrons. The maximum absolute atomic E-state index is 12.1. The Bertz CT molecular complexity index is 775. The summed E-state index contributed by atoms with van der Waals surface area (Å²) in [7, 11) is 0. The van der Waals surface area contributed by atoms with Crippen molar-refractivity contribution in [3.8, 4) is 0 Å². The molecule has 0 spiro atoms. The van der Waals surface area contributed by atoms with Crippen molar-refractivity contribution in [3.05, 3.63) is 47.0 Å². The summed E-state index contributed by atoms with van der Waals surface area (Å²) in [6.45, 7) is 0. The first-order valence-electron chi connectivity index (χ1n) is 9.04. The Morgan fingerprint density at radius 1 is 1.23 bits per heavy atom. The first-order chi connectivity index (χ1) is 12.7. The Kier molecular flexibility index (Phi) is 4.99. The molecule has 0 bridgehead atoms. The highest BCUT2D eigenvalue weighted by Gasteiger charge is 2.40. The molecule has 1 aromatic heterocycles. The largest absolute Gasteiger partial charge is 0.302 e. The van der Waals surface area contributed by atoms with Crippen LogP contribution < -0.4 is 16.2 Å². The second-order valence-corrected chi connectivity index (χ2v) is 7.86. The van der Waals surface area contributed by atoms with E-state index in [0.717, 1.165) is 30.4 Å². The van der Waals surface area contributed by atoms with Crippen molar-refractivity contribution in [2.75, 3.05) is 5.32 Å². The van der Waals surface area contributed by atoms with Crippen LogP contribution in [-0.4, -0.2) is 16.8 Å². The summed E-state index contributed by atoms with van der Waals surface area (Å²) in [4.78, 5) is 28.2. The molecular formula is C19H22N4O2S. The van der Waals surface area contributed by atoms with Crippen molar-refractivity contribution in [1.29, 1.82) is 0 Å². The van der Waals surface area contributed by atoms with Gasteiger partial charge in [-0.3, -0.25) is 15.0 Å². The Hall–Kier alpha value is -2.25. The average molecular weight is 370 g/mol. The molecule has 2 amide bonds. The second kappa shape index (κ2) is 7.55. The minimum absolute atomic E-state index is 0.0666. The van der Waals surface area contributed by atoms with E-state index in [0.29, 0.717) is 17.5 Å². The van der Waals surface area contributed by atoms with Crippen LogP contribution in [0.4, 0.5) is 5.13 Å². The number of hydrogen-bond acceptors (Lipinski definition) is 5. The lowest BCUT2D eigenvalue weighted by molar-refractivity contribution is -0.133. The van der Waals surface area contributed by atoms with E-state index in [-0.39, 0.29) is 23.8 Å². The molecule has 3 unspecified atom stereocenters. The van der Waals surface area contributed by atoms with Gasteiger partial charge in [-0.05, 0) is 29.9 Å². The molecule has 2 aliphatic rings. The molecule has 1 aliphatic heterocycles. The number of rotatable bonds is 4. The number of carbonyl (C=O) groups is 2. The molecule has 2 fully saturated rings. The minimum Gasteiger partial charge on any atom is -0.302 e. The third-order valence-electron chi connectivity index (χ3n) is 5.32. The Balaban J connectivity index is 1.42. The van der Waals surface area contributed by atoms with Gasteiger partial charge in [0.25, 0.3) is 0 Å². The van der Waals surface area contributed by atoms with Gasteiger partial charge in [0, 0.05) is 17.5 Å². The summed E-state index contributed by atoms with van der Waals surface area (Å²) >= 11 is 1.41. The Labute approximate surface area is 156 Å². The monoisotopic (exact) mass is 370 g/mol. The van der Waals surface area contributed by atoms with E-state index in [1.54, 1.807) is 6.20 Å². The molecule has 1 aliphatic carbocycles. The van der Waals surface area contributed by atoms with Crippen molar-refractivity contribution >= 4 is 28.3 Å². The van der Waals surface area contributed by atoms with E-state index >= 15 is 0 Å². The number of hydrogen-bond donors (Lipinski definition) is 3. The van der Waals surface area contributed by atoms with Crippen molar-refractivity contribution in [2.24, 2.45) is 11.8 Å². The summed E-state index contributed by atoms with van der Waals surface area (Å²) in [6, 6.07) is 8.25. The quantitative estimate of drug-likeness (QED) is 0.773. The third kappa shape index (κ3) is 3.64. The number of amides is 2. The predicted molar refractivity (Wildman–Crippen MR) is 100 cm³/mol. The van der Waals surface area contributed by atoms with Gasteiger partial charge in [-0.2, -0.15) is 0 Å². The van der Waals surface area contributed by atoms with Gasteiger partial charge in [-0.1, -0.05) is 37.1 Å². The lowest BCUT2D eigenvalue weighted by Gasteiger charge is -2.41. The average Bonchev–Trinajstić information content (AvgIpc) is 3.16. The highest BCUT2D eigenvalue weighted by atomic mass is 32.1. The van der Waals surface area contributed by atoms with Gasteiger partial charge in [-0.25, -0.2) is 10.4 Å². The number of aromatic nitrogens is 1. The fourth-order valence-corrected chi connectivity index (χ4v) is 4.59. The van der Waals surface area contributed by atoms with Crippen LogP contribution in [0.5, 0.6) is 0 Å². The fourth-order valence-electron chi connectivity index (χ4n) is 4.04. The van der Waals surface area contributed by atoms with Crippen LogP contribution in [0.2, 0.25) is 0 Å². The SMILES string of the molecule is O=C(Cc1ccc(C2NNC(=O)C3CCCCC32)cc1)Nc1nccs1. The predicted octanol–water partition coefficient (Wildman–Crippen LogP) is 2.81. The van der Waals surface area contributed by atoms with E-state index < -0.39 is 0 Å². The highest BCUT2D eigenvalue weighted by molar-refractivity contribution is 7.13. The van der Waals surface area contributed by atoms with E-state index in [1.807, 2.05) is 17.5 Å². The zero-order valence-electron chi connectivity index (χ0n) is 14.4. The number of nitrogens with zero attached hydrogens (tertiary/aromatic N) is 1. The number of fused-ring (bicyclic) bond motifs is 1. The molecule has 1 saturated carbocycles. The molecule has 26 heavy (non-hydrogen) atoms. The number of nitrogens with one attached hydrogen (secondary N) is 3. The number of hydrazine groups is 1. The highest BCUT2D eigenvalue weighted by Crippen LogP contribution is 2.40. The summed E-state index contributed by atoms with van der Waals surface area (Å²) in [5.41, 5.74) is 8.15. The summed E-state index contributed by atoms with van der Waals surface area (Å²) < 4.78 is 0. The van der Waals surface area contributed by atoms with Crippen LogP contribution >= 0.6 is 11.3 Å². The molecule has 0 radical (unpaired) electrons. The molecule has 1 aromatic carbocycles. The van der Waals surface area contributed by atoms with E-state index in [4.69, 9.17) is 0 Å². The zero-order chi connectivity index (χ0) is 17.9. The van der Waals surface area contributed by atoms with E-state index in [2.05, 4.69) is 33.3 Å². The van der Waals surface area contributed by atoms with Crippen molar-refractivity contribution in [3.63, 3.8) is 0 Å². The molecule has 7 heteroatoms. The zero-order valence-corrected chi connectivity index (χ0v) is 15.2. The standard InChI is InChI=1S/C19H22N4O2S/c24-16(21-19-20-9-10-26-19)11-12-5-7-13(8-6-12)17-14-3-1-2-4-15(14)18(25)23-22-17/h5-10,14-15,17,22H,1-4,11H2,(H,23,25)(H,20,21,24). The Morgan fingerprint density at radius 3 is 2.81 bits per heavy atom. The van der Waals surface area contributed by atoms with Crippen molar-refractivity contribution in [1.82, 2.24) is 15.8 Å². The molecule has 2 aromatic rings. The summed E-state index contributed by atoms with van der Waals surface area (Å²) in [5, 5.41) is 5.25. The molecule has 6 nitrogen and oxygen atoms in total. The van der Waals surface area contributed by atoms with Gasteiger partial charge in [0.05, 0.1) is 12.5 Å². The Morgan fingerprint density at radius 2 is 2.04 bits per heavy atom. The lowest BCUT2D eigenvalue weighted by Crippen LogP contribution is -2.55. The van der Waals surface area contributed by atoms with Crippen molar-refractivity contribution < 1.29 is 9.59 Å². The fraction of sp³-hybridized carbons (Fsp3) is 0.421. The van der Waals surface area contributed by atoms with E-state index in [1.165, 1.54) is 17.8 Å². The van der Waals surface area contributed by atoms with Gasteiger partial charge >= 0.3 is 0 Å². The molecular weight excluding hydrogens is 348 g/mol. The maximum atomic E-state index is 12.1. The van der Waals surface area contributed by atoms with Gasteiger partial charge in [0.2, 0.25) is 11.8 Å². The number of anilines is 1. The smallest absolute Gasteiger partial charge is 0.237 e. The van der Waals surface area contributed by atoms with Gasteiger partial charge in [-0.15, -0.1) is 11.3 Å². The second-order valence-electron chi connectivity index (χ2n) is 6.97. The van der Waals surface area contributed by atoms with Crippen LogP contribution in [0.25, 0.3) is 0 Å². The van der Waals surface area contributed by atoms with Crippen LogP contribution in [0.3, 0.4) is 0 Å². The van der Waals surface area contributed by atoms with Crippen molar-refractivity contribution in [2.45, 2.75) is 38.1 Å². The van der Waals surface area contributed by atoms with Gasteiger partial charge in [0.15, 0.2) is 5.13 Å². The van der Waals surface area contributed by atoms with Gasteiger partial charge in [0.1, 0.15) is 0 Å².